The van der Waals surface area contributed by atoms with Crippen molar-refractivity contribution in [1.82, 2.24) is 29.1 Å². The summed E-state index contributed by atoms with van der Waals surface area (Å²) in [5, 5.41) is 4.63. The van der Waals surface area contributed by atoms with Crippen molar-refractivity contribution < 1.29 is 0 Å². The highest BCUT2D eigenvalue weighted by Gasteiger charge is 2.22. The second-order valence-electron chi connectivity index (χ2n) is 17.0. The minimum Gasteiger partial charge on any atom is -0.309 e. The number of benzene rings is 9. The van der Waals surface area contributed by atoms with Crippen molar-refractivity contribution >= 4 is 43.6 Å². The first kappa shape index (κ1) is 39.1. The van der Waals surface area contributed by atoms with Crippen LogP contribution in [0, 0.1) is 0 Å². The van der Waals surface area contributed by atoms with E-state index in [1.54, 1.807) is 0 Å². The summed E-state index contributed by atoms with van der Waals surface area (Å²) < 4.78 is 4.61. The topological polar surface area (TPSA) is 61.4 Å². The van der Waals surface area contributed by atoms with Crippen molar-refractivity contribution in [1.29, 1.82) is 0 Å². The number of hydrogen-bond acceptors (Lipinski definition) is 4. The quantitative estimate of drug-likeness (QED) is 0.153. The van der Waals surface area contributed by atoms with Gasteiger partial charge in [-0.15, -0.1) is 0 Å². The third-order valence-corrected chi connectivity index (χ3v) is 13.0. The SMILES string of the molecule is c1ccc(-c2cccc(-c3cccc(-c4ccc(-c5nc(-c6ccccc6)nc(-n6c7ccccc7c7cccc(-c8ccccc8)c76)n5)cc4-n4c5ccccc5c5ccccc54)c3)n2)cc1. The summed E-state index contributed by atoms with van der Waals surface area (Å²) in [5.74, 6) is 1.71. The van der Waals surface area contributed by atoms with Gasteiger partial charge >= 0.3 is 0 Å². The Bertz CT molecular complexity index is 3970. The maximum Gasteiger partial charge on any atom is 0.238 e. The molecular weight excluding hydrogens is 829 g/mol. The minimum atomic E-state index is 0.545. The number of para-hydroxylation sites is 4. The average molecular weight is 869 g/mol. The molecule has 9 aromatic carbocycles. The summed E-state index contributed by atoms with van der Waals surface area (Å²) in [7, 11) is 0. The second kappa shape index (κ2) is 16.3. The molecule has 6 heteroatoms. The van der Waals surface area contributed by atoms with Gasteiger partial charge in [0.25, 0.3) is 0 Å². The Kier molecular flexibility index (Phi) is 9.39. The minimum absolute atomic E-state index is 0.545. The summed E-state index contributed by atoms with van der Waals surface area (Å²) in [5.41, 5.74) is 15.4. The van der Waals surface area contributed by atoms with Crippen molar-refractivity contribution in [2.75, 3.05) is 0 Å². The maximum atomic E-state index is 5.47. The smallest absolute Gasteiger partial charge is 0.238 e. The van der Waals surface area contributed by atoms with Gasteiger partial charge in [-0.2, -0.15) is 9.97 Å². The molecule has 318 valence electrons. The lowest BCUT2D eigenvalue weighted by molar-refractivity contribution is 0.953. The summed E-state index contributed by atoms with van der Waals surface area (Å²) in [6.45, 7) is 0. The molecule has 0 radical (unpaired) electrons. The third kappa shape index (κ3) is 6.66. The van der Waals surface area contributed by atoms with E-state index in [1.165, 1.54) is 10.8 Å². The van der Waals surface area contributed by atoms with Gasteiger partial charge in [-0.25, -0.2) is 9.97 Å². The van der Waals surface area contributed by atoms with E-state index in [0.29, 0.717) is 17.6 Å². The van der Waals surface area contributed by atoms with Gasteiger partial charge in [0.2, 0.25) is 5.95 Å². The van der Waals surface area contributed by atoms with E-state index in [4.69, 9.17) is 19.9 Å². The molecule has 0 spiro atoms. The Morgan fingerprint density at radius 1 is 0.265 bits per heavy atom. The van der Waals surface area contributed by atoms with Crippen LogP contribution in [0.3, 0.4) is 0 Å². The van der Waals surface area contributed by atoms with Crippen LogP contribution < -0.4 is 0 Å². The number of nitrogens with zero attached hydrogens (tertiary/aromatic N) is 6. The van der Waals surface area contributed by atoms with Crippen LogP contribution in [0.5, 0.6) is 0 Å². The zero-order valence-electron chi connectivity index (χ0n) is 36.8. The molecule has 4 aromatic heterocycles. The summed E-state index contributed by atoms with van der Waals surface area (Å²) in [6, 6.07) is 85.1. The van der Waals surface area contributed by atoms with Crippen LogP contribution in [0.4, 0.5) is 0 Å². The lowest BCUT2D eigenvalue weighted by Crippen LogP contribution is -2.07. The van der Waals surface area contributed by atoms with E-state index in [9.17, 15) is 0 Å². The first-order valence-corrected chi connectivity index (χ1v) is 22.9. The monoisotopic (exact) mass is 868 g/mol. The third-order valence-electron chi connectivity index (χ3n) is 13.0. The number of fused-ring (bicyclic) bond motifs is 6. The largest absolute Gasteiger partial charge is 0.309 e. The molecule has 0 aliphatic carbocycles. The molecule has 13 rings (SSSR count). The molecule has 0 fully saturated rings. The summed E-state index contributed by atoms with van der Waals surface area (Å²) >= 11 is 0. The fourth-order valence-corrected chi connectivity index (χ4v) is 9.88. The Morgan fingerprint density at radius 3 is 1.43 bits per heavy atom. The lowest BCUT2D eigenvalue weighted by atomic mass is 9.97. The van der Waals surface area contributed by atoms with Gasteiger partial charge in [-0.05, 0) is 53.6 Å². The molecule has 0 aliphatic heterocycles. The van der Waals surface area contributed by atoms with Crippen molar-refractivity contribution in [2.45, 2.75) is 0 Å². The van der Waals surface area contributed by atoms with E-state index >= 15 is 0 Å². The van der Waals surface area contributed by atoms with E-state index in [0.717, 1.165) is 94.4 Å². The molecule has 0 saturated carbocycles. The van der Waals surface area contributed by atoms with E-state index in [-0.39, 0.29) is 0 Å². The van der Waals surface area contributed by atoms with Crippen molar-refractivity contribution in [3.63, 3.8) is 0 Å². The summed E-state index contributed by atoms with van der Waals surface area (Å²) in [4.78, 5) is 21.2. The van der Waals surface area contributed by atoms with Gasteiger partial charge < -0.3 is 4.57 Å². The number of aromatic nitrogens is 6. The zero-order valence-corrected chi connectivity index (χ0v) is 36.8. The fraction of sp³-hybridized carbons (Fsp3) is 0. The molecule has 0 saturated heterocycles. The van der Waals surface area contributed by atoms with Gasteiger partial charge in [0.1, 0.15) is 0 Å². The van der Waals surface area contributed by atoms with Crippen LogP contribution in [0.15, 0.2) is 243 Å². The Labute approximate surface area is 392 Å². The highest BCUT2D eigenvalue weighted by molar-refractivity contribution is 6.14. The molecule has 0 unspecified atom stereocenters. The number of pyridine rings is 1. The highest BCUT2D eigenvalue weighted by atomic mass is 15.2. The van der Waals surface area contributed by atoms with Crippen LogP contribution >= 0.6 is 0 Å². The van der Waals surface area contributed by atoms with Crippen LogP contribution in [0.25, 0.3) is 123 Å². The number of rotatable bonds is 8. The predicted octanol–water partition coefficient (Wildman–Crippen LogP) is 15.5. The first-order chi connectivity index (χ1) is 33.7. The van der Waals surface area contributed by atoms with Gasteiger partial charge in [0.05, 0.1) is 39.1 Å². The van der Waals surface area contributed by atoms with E-state index < -0.39 is 0 Å². The molecule has 4 heterocycles. The molecule has 6 nitrogen and oxygen atoms in total. The van der Waals surface area contributed by atoms with Gasteiger partial charge in [0, 0.05) is 54.9 Å². The summed E-state index contributed by atoms with van der Waals surface area (Å²) in [6.07, 6.45) is 0. The van der Waals surface area contributed by atoms with Gasteiger partial charge in [-0.1, -0.05) is 200 Å². The first-order valence-electron chi connectivity index (χ1n) is 22.9. The van der Waals surface area contributed by atoms with Crippen LogP contribution in [-0.4, -0.2) is 29.1 Å². The van der Waals surface area contributed by atoms with Gasteiger partial charge in [-0.3, -0.25) is 4.57 Å². The maximum absolute atomic E-state index is 5.47. The highest BCUT2D eigenvalue weighted by Crippen LogP contribution is 2.41. The molecule has 68 heavy (non-hydrogen) atoms. The Balaban J connectivity index is 1.06. The second-order valence-corrected chi connectivity index (χ2v) is 17.0. The van der Waals surface area contributed by atoms with Crippen LogP contribution in [0.1, 0.15) is 0 Å². The standard InChI is InChI=1S/C62H40N6/c1-4-19-41(20-5-1)48-30-17-31-52-51-29-12-15-36-57(51)68(59(48)52)62-65-60(43-23-8-3-9-24-43)64-61(66-62)46-37-38-47(58(40-46)67-55-34-13-10-27-49(55)50-28-11-14-35-56(50)67)44-25-16-26-45(39-44)54-33-18-32-53(63-54)42-21-6-2-7-22-42/h1-40H. The van der Waals surface area contributed by atoms with Crippen LogP contribution in [0.2, 0.25) is 0 Å². The van der Waals surface area contributed by atoms with Crippen molar-refractivity contribution in [3.8, 4) is 79.2 Å². The molecule has 0 N–H and O–H groups in total. The van der Waals surface area contributed by atoms with Gasteiger partial charge in [0.15, 0.2) is 11.6 Å². The molecule has 13 aromatic rings. The normalized spacial score (nSPS) is 11.5. The Hall–Kier alpha value is -9.26. The van der Waals surface area contributed by atoms with Crippen molar-refractivity contribution in [2.24, 2.45) is 0 Å². The molecule has 0 bridgehead atoms. The molecule has 0 atom stereocenters. The van der Waals surface area contributed by atoms with Crippen molar-refractivity contribution in [3.05, 3.63) is 243 Å². The van der Waals surface area contributed by atoms with E-state index in [1.807, 2.05) is 24.3 Å². The number of hydrogen-bond donors (Lipinski definition) is 0. The Morgan fingerprint density at radius 2 is 0.750 bits per heavy atom. The lowest BCUT2D eigenvalue weighted by Gasteiger charge is -2.17. The predicted molar refractivity (Wildman–Crippen MR) is 279 cm³/mol. The van der Waals surface area contributed by atoms with E-state index in [2.05, 4.69) is 228 Å². The fourth-order valence-electron chi connectivity index (χ4n) is 9.88. The molecule has 0 amide bonds. The molecule has 0 aliphatic rings. The zero-order chi connectivity index (χ0) is 45.0. The average Bonchev–Trinajstić information content (AvgIpc) is 3.95. The van der Waals surface area contributed by atoms with Crippen LogP contribution in [-0.2, 0) is 0 Å². The molecular formula is C62H40N6.